The first-order valence-electron chi connectivity index (χ1n) is 25.6. The topological polar surface area (TPSA) is 425 Å². The van der Waals surface area contributed by atoms with Crippen LogP contribution < -0.4 is 60.6 Å². The first-order valence-corrected chi connectivity index (χ1v) is 25.6. The highest BCUT2D eigenvalue weighted by Crippen LogP contribution is 2.26. The fraction of sp³-hybridized carbons (Fsp3) is 0.462. The second-order valence-corrected chi connectivity index (χ2v) is 19.1. The predicted octanol–water partition coefficient (Wildman–Crippen LogP) is -1.20. The van der Waals surface area contributed by atoms with Gasteiger partial charge in [0, 0.05) is 86.6 Å². The van der Waals surface area contributed by atoms with Crippen LogP contribution in [-0.4, -0.2) is 130 Å². The summed E-state index contributed by atoms with van der Waals surface area (Å²) >= 11 is 0. The van der Waals surface area contributed by atoms with E-state index in [0.717, 1.165) is 10.9 Å². The summed E-state index contributed by atoms with van der Waals surface area (Å²) in [7, 11) is 0. The molecule has 25 nitrogen and oxygen atoms in total. The van der Waals surface area contributed by atoms with Crippen LogP contribution in [0, 0.1) is 11.8 Å². The summed E-state index contributed by atoms with van der Waals surface area (Å²) in [4.78, 5) is 144. The number of fused-ring (bicyclic) bond motifs is 1. The third-order valence-corrected chi connectivity index (χ3v) is 13.0. The molecule has 0 bridgehead atoms. The number of para-hydroxylation sites is 1. The van der Waals surface area contributed by atoms with Gasteiger partial charge < -0.3 is 70.5 Å². The maximum absolute atomic E-state index is 14.9. The molecule has 4 aromatic rings. The van der Waals surface area contributed by atoms with Crippen molar-refractivity contribution < 1.29 is 43.2 Å². The van der Waals surface area contributed by atoms with Gasteiger partial charge in [-0.05, 0) is 75.0 Å². The fourth-order valence-electron chi connectivity index (χ4n) is 9.04. The standard InChI is InChI=1S/C52H72N16O9/c1-30(69)64-38(17-10-20-61-52(56)57)48(75)65-39-16-7-8-18-59-45(72)26-41(46(53)73)67-47(74)33(22-34-27-62-37-15-6-5-14-36(34)37)24-43(70)32(13-9-19-60-51(54)55)23-44(71)40(21-31-11-3-2-4-12-31)66-50(77)42(68-49(39)76)25-35-28-58-29-63-35/h2-6,11-12,14-15,27-29,32-33,38-42,62H,7-10,13,16-26H2,1H3,(H2,53,73)(H,58,63)(H,59,72)(H,64,69)(H,65,75)(H,66,77)(H,67,74)(H,68,76)(H4,54,55,60)(H4,56,57,61)/t32-,33-,38+,39+,40-,41+,42+/m1/s1. The number of aromatic nitrogens is 3. The maximum atomic E-state index is 14.9. The van der Waals surface area contributed by atoms with E-state index in [1.165, 1.54) is 19.4 Å². The van der Waals surface area contributed by atoms with Crippen LogP contribution in [0.3, 0.4) is 0 Å². The van der Waals surface area contributed by atoms with Crippen molar-refractivity contribution in [3.63, 3.8) is 0 Å². The predicted molar refractivity (Wildman–Crippen MR) is 286 cm³/mol. The van der Waals surface area contributed by atoms with Crippen molar-refractivity contribution in [1.29, 1.82) is 0 Å². The van der Waals surface area contributed by atoms with E-state index in [4.69, 9.17) is 28.7 Å². The van der Waals surface area contributed by atoms with Crippen molar-refractivity contribution in [3.8, 4) is 0 Å². The summed E-state index contributed by atoms with van der Waals surface area (Å²) in [6, 6.07) is 9.66. The summed E-state index contributed by atoms with van der Waals surface area (Å²) < 4.78 is 0. The molecule has 414 valence electrons. The lowest BCUT2D eigenvalue weighted by Crippen LogP contribution is -2.58. The minimum atomic E-state index is -1.49. The fourth-order valence-corrected chi connectivity index (χ4v) is 9.04. The highest BCUT2D eigenvalue weighted by Gasteiger charge is 2.35. The van der Waals surface area contributed by atoms with Crippen molar-refractivity contribution in [1.82, 2.24) is 46.9 Å². The number of nitrogens with zero attached hydrogens (tertiary/aromatic N) is 3. The molecule has 2 aromatic carbocycles. The third kappa shape index (κ3) is 19.9. The van der Waals surface area contributed by atoms with E-state index in [1.54, 1.807) is 36.5 Å². The molecule has 3 heterocycles. The molecule has 5 rings (SSSR count). The van der Waals surface area contributed by atoms with Crippen molar-refractivity contribution in [2.24, 2.45) is 50.5 Å². The largest absolute Gasteiger partial charge is 0.370 e. The number of guanidine groups is 2. The second kappa shape index (κ2) is 30.0. The highest BCUT2D eigenvalue weighted by molar-refractivity contribution is 5.98. The van der Waals surface area contributed by atoms with Gasteiger partial charge in [-0.1, -0.05) is 48.5 Å². The number of Topliss-reactive ketones (excluding diaryl/α,β-unsaturated/α-hetero) is 2. The summed E-state index contributed by atoms with van der Waals surface area (Å²) in [6.45, 7) is 1.52. The number of rotatable bonds is 18. The molecular formula is C52H72N16O9. The first-order chi connectivity index (χ1) is 36.9. The summed E-state index contributed by atoms with van der Waals surface area (Å²) in [5.41, 5.74) is 30.5. The highest BCUT2D eigenvalue weighted by atomic mass is 16.2. The smallest absolute Gasteiger partial charge is 0.243 e. The lowest BCUT2D eigenvalue weighted by molar-refractivity contribution is -0.136. The Kier molecular flexibility index (Phi) is 23.1. The normalized spacial score (nSPS) is 21.1. The van der Waals surface area contributed by atoms with Gasteiger partial charge in [-0.3, -0.25) is 53.1 Å². The zero-order chi connectivity index (χ0) is 55.9. The van der Waals surface area contributed by atoms with Gasteiger partial charge in [-0.15, -0.1) is 0 Å². The molecule has 2 aromatic heterocycles. The number of nitrogens with two attached hydrogens (primary N) is 5. The van der Waals surface area contributed by atoms with Crippen LogP contribution in [0.5, 0.6) is 0 Å². The molecule has 7 atom stereocenters. The lowest BCUT2D eigenvalue weighted by Gasteiger charge is -2.27. The zero-order valence-electron chi connectivity index (χ0n) is 43.2. The number of benzene rings is 2. The summed E-state index contributed by atoms with van der Waals surface area (Å²) in [5.74, 6) is -8.72. The second-order valence-electron chi connectivity index (χ2n) is 19.1. The number of amides is 7. The number of carbonyl (C=O) groups is 9. The first kappa shape index (κ1) is 59.2. The zero-order valence-corrected chi connectivity index (χ0v) is 43.2. The molecule has 0 saturated carbocycles. The Balaban J connectivity index is 1.54. The molecule has 0 aliphatic carbocycles. The Labute approximate surface area is 445 Å². The number of imidazole rings is 1. The quantitative estimate of drug-likeness (QED) is 0.0316. The average molecular weight is 1070 g/mol. The SMILES string of the molecule is CC(=O)N[C@@H](CCCN=C(N)N)C(=O)N[C@H]1CCCCNC(=O)C[C@@H](C(N)=O)NC(=O)[C@H](Cc2c[nH]c3ccccc23)CC(=O)[C@H](CCCN=C(N)N)CC(=O)[C@@H](Cc2ccccc2)NC(=O)[C@H](Cc2cnc[nH]2)NC1=O. The number of aliphatic imine (C=N–C) groups is 2. The van der Waals surface area contributed by atoms with Crippen molar-refractivity contribution >= 4 is 75.7 Å². The van der Waals surface area contributed by atoms with Crippen LogP contribution in [0.15, 0.2) is 83.3 Å². The van der Waals surface area contributed by atoms with Gasteiger partial charge in [0.2, 0.25) is 41.4 Å². The average Bonchev–Trinajstić information content (AvgIpc) is 4.07. The molecule has 0 radical (unpaired) electrons. The van der Waals surface area contributed by atoms with Gasteiger partial charge in [0.1, 0.15) is 30.0 Å². The van der Waals surface area contributed by atoms with Crippen LogP contribution in [0.4, 0.5) is 0 Å². The van der Waals surface area contributed by atoms with Crippen LogP contribution in [0.25, 0.3) is 10.9 Å². The molecule has 0 unspecified atom stereocenters. The van der Waals surface area contributed by atoms with Gasteiger partial charge in [0.15, 0.2) is 17.7 Å². The van der Waals surface area contributed by atoms with Gasteiger partial charge in [0.05, 0.1) is 18.8 Å². The lowest BCUT2D eigenvalue weighted by atomic mass is 9.83. The Morgan fingerprint density at radius 2 is 1.42 bits per heavy atom. The number of hydrogen-bond donors (Lipinski definition) is 13. The van der Waals surface area contributed by atoms with E-state index in [9.17, 15) is 43.2 Å². The Bertz CT molecular complexity index is 2720. The monoisotopic (exact) mass is 1060 g/mol. The Hall–Kier alpha value is -8.64. The number of primary amides is 1. The molecule has 1 saturated heterocycles. The van der Waals surface area contributed by atoms with Crippen LogP contribution in [0.2, 0.25) is 0 Å². The van der Waals surface area contributed by atoms with E-state index in [0.29, 0.717) is 16.8 Å². The Morgan fingerprint density at radius 1 is 0.727 bits per heavy atom. The van der Waals surface area contributed by atoms with Gasteiger partial charge >= 0.3 is 0 Å². The van der Waals surface area contributed by atoms with Crippen molar-refractivity contribution in [2.45, 2.75) is 121 Å². The molecular weight excluding hydrogens is 993 g/mol. The van der Waals surface area contributed by atoms with Crippen LogP contribution in [-0.2, 0) is 62.4 Å². The maximum Gasteiger partial charge on any atom is 0.243 e. The summed E-state index contributed by atoms with van der Waals surface area (Å²) in [5, 5.41) is 17.0. The Morgan fingerprint density at radius 3 is 2.10 bits per heavy atom. The number of ketones is 2. The van der Waals surface area contributed by atoms with E-state index in [-0.39, 0.29) is 95.8 Å². The molecule has 1 aliphatic rings. The minimum Gasteiger partial charge on any atom is -0.370 e. The number of carbonyl (C=O) groups excluding carboxylic acids is 9. The molecule has 0 spiro atoms. The van der Waals surface area contributed by atoms with Crippen LogP contribution in [0.1, 0.15) is 88.0 Å². The van der Waals surface area contributed by atoms with E-state index in [2.05, 4.69) is 56.8 Å². The molecule has 1 fully saturated rings. The third-order valence-electron chi connectivity index (χ3n) is 13.0. The molecule has 25 heteroatoms. The van der Waals surface area contributed by atoms with Gasteiger partial charge in [-0.25, -0.2) is 4.98 Å². The van der Waals surface area contributed by atoms with Crippen molar-refractivity contribution in [3.05, 3.63) is 90.1 Å². The van der Waals surface area contributed by atoms with E-state index in [1.807, 2.05) is 24.3 Å². The van der Waals surface area contributed by atoms with E-state index >= 15 is 0 Å². The number of H-pyrrole nitrogens is 2. The number of hydrogen-bond acceptors (Lipinski definition) is 12. The number of nitrogens with one attached hydrogen (secondary N) is 8. The van der Waals surface area contributed by atoms with Gasteiger partial charge in [-0.2, -0.15) is 0 Å². The molecule has 18 N–H and O–H groups in total. The summed E-state index contributed by atoms with van der Waals surface area (Å²) in [6.07, 6.45) is 4.18. The molecule has 7 amide bonds. The van der Waals surface area contributed by atoms with Gasteiger partial charge in [0.25, 0.3) is 0 Å². The molecule has 1 aliphatic heterocycles. The van der Waals surface area contributed by atoms with E-state index < -0.39 is 114 Å². The van der Waals surface area contributed by atoms with Crippen LogP contribution >= 0.6 is 0 Å². The number of aromatic amines is 2. The minimum absolute atomic E-state index is 0.0127. The van der Waals surface area contributed by atoms with Crippen molar-refractivity contribution in [2.75, 3.05) is 19.6 Å². The molecule has 77 heavy (non-hydrogen) atoms.